The van der Waals surface area contributed by atoms with Crippen LogP contribution in [-0.2, 0) is 0 Å². The Morgan fingerprint density at radius 3 is 2.68 bits per heavy atom. The first-order valence-electron chi connectivity index (χ1n) is 11.5. The molecule has 31 heavy (non-hydrogen) atoms. The summed E-state index contributed by atoms with van der Waals surface area (Å²) >= 11 is 0. The first-order chi connectivity index (χ1) is 15.0. The van der Waals surface area contributed by atoms with Crippen LogP contribution in [0, 0.1) is 0 Å². The fourth-order valence-corrected chi connectivity index (χ4v) is 5.33. The average molecular weight is 424 g/mol. The molecular formula is C24H29N3O4. The van der Waals surface area contributed by atoms with Gasteiger partial charge in [0.1, 0.15) is 5.65 Å². The van der Waals surface area contributed by atoms with Crippen molar-refractivity contribution in [1.82, 2.24) is 14.8 Å². The molecule has 0 unspecified atom stereocenters. The van der Waals surface area contributed by atoms with E-state index in [9.17, 15) is 14.7 Å². The predicted molar refractivity (Wildman–Crippen MR) is 122 cm³/mol. The minimum atomic E-state index is -0.469. The highest BCUT2D eigenvalue weighted by atomic mass is 16.4. The van der Waals surface area contributed by atoms with E-state index < -0.39 is 5.43 Å². The number of H-pyrrole nitrogens is 2. The molecule has 0 radical (unpaired) electrons. The molecule has 0 bridgehead atoms. The van der Waals surface area contributed by atoms with Gasteiger partial charge in [0.15, 0.2) is 11.2 Å². The number of phenolic OH excluding ortho intramolecular Hbond substituents is 1. The average Bonchev–Trinajstić information content (AvgIpc) is 3.49. The molecule has 1 fully saturated rings. The van der Waals surface area contributed by atoms with E-state index in [-0.39, 0.29) is 28.9 Å². The number of furan rings is 1. The van der Waals surface area contributed by atoms with Gasteiger partial charge in [-0.25, -0.2) is 0 Å². The van der Waals surface area contributed by atoms with Crippen LogP contribution in [0.1, 0.15) is 82.7 Å². The van der Waals surface area contributed by atoms with Gasteiger partial charge in [-0.15, -0.1) is 0 Å². The fourth-order valence-electron chi connectivity index (χ4n) is 5.33. The van der Waals surface area contributed by atoms with E-state index in [1.165, 1.54) is 6.07 Å². The summed E-state index contributed by atoms with van der Waals surface area (Å²) in [6.45, 7) is 4.29. The third-order valence-electron chi connectivity index (χ3n) is 6.98. The van der Waals surface area contributed by atoms with Crippen LogP contribution < -0.4 is 11.0 Å². The Labute approximate surface area is 179 Å². The van der Waals surface area contributed by atoms with Crippen molar-refractivity contribution in [3.05, 3.63) is 38.3 Å². The molecule has 4 aromatic rings. The Hall–Kier alpha value is -2.96. The quantitative estimate of drug-likeness (QED) is 0.385. The monoisotopic (exact) mass is 423 g/mol. The predicted octanol–water partition coefficient (Wildman–Crippen LogP) is 5.42. The lowest BCUT2D eigenvalue weighted by molar-refractivity contribution is 0.463. The van der Waals surface area contributed by atoms with Crippen molar-refractivity contribution in [2.45, 2.75) is 77.2 Å². The summed E-state index contributed by atoms with van der Waals surface area (Å²) < 4.78 is 8.11. The summed E-state index contributed by atoms with van der Waals surface area (Å²) in [6.07, 6.45) is 8.35. The lowest BCUT2D eigenvalue weighted by Crippen LogP contribution is -2.10. The zero-order valence-electron chi connectivity index (χ0n) is 18.1. The number of nitrogens with zero attached hydrogens (tertiary/aromatic N) is 1. The lowest BCUT2D eigenvalue weighted by Gasteiger charge is -2.17. The van der Waals surface area contributed by atoms with Gasteiger partial charge in [0.25, 0.3) is 5.56 Å². The summed E-state index contributed by atoms with van der Waals surface area (Å²) in [5.41, 5.74) is 2.57. The molecule has 1 aliphatic rings. The first kappa shape index (κ1) is 20.0. The maximum Gasteiger partial charge on any atom is 0.274 e. The molecule has 3 heterocycles. The largest absolute Gasteiger partial charge is 0.502 e. The molecule has 3 N–H and O–H groups in total. The van der Waals surface area contributed by atoms with Crippen LogP contribution in [0.2, 0.25) is 0 Å². The molecule has 164 valence electrons. The first-order valence-corrected chi connectivity index (χ1v) is 11.5. The number of phenols is 1. The van der Waals surface area contributed by atoms with Crippen molar-refractivity contribution in [1.29, 1.82) is 0 Å². The SMILES string of the molecule is CCCC[C@H](CC)c1c2oc3c(O)c(=O)ccc3c2[nH]c2c1c(=O)[nH]n2C1CCCC1. The Morgan fingerprint density at radius 2 is 1.97 bits per heavy atom. The Bertz CT molecular complexity index is 1380. The van der Waals surface area contributed by atoms with Crippen molar-refractivity contribution in [2.75, 3.05) is 0 Å². The highest BCUT2D eigenvalue weighted by Crippen LogP contribution is 2.41. The topological polar surface area (TPSA) is 104 Å². The molecule has 0 aliphatic heterocycles. The van der Waals surface area contributed by atoms with E-state index in [4.69, 9.17) is 4.42 Å². The van der Waals surface area contributed by atoms with Crippen LogP contribution in [0.25, 0.3) is 33.1 Å². The molecule has 0 saturated heterocycles. The van der Waals surface area contributed by atoms with Crippen LogP contribution in [0.15, 0.2) is 26.1 Å². The number of benzene rings is 1. The number of aromatic amines is 2. The van der Waals surface area contributed by atoms with Crippen molar-refractivity contribution in [3.63, 3.8) is 0 Å². The molecule has 5 rings (SSSR count). The van der Waals surface area contributed by atoms with E-state index in [2.05, 4.69) is 23.9 Å². The van der Waals surface area contributed by atoms with Gasteiger partial charge < -0.3 is 14.5 Å². The molecule has 7 heteroatoms. The molecule has 1 atom stereocenters. The van der Waals surface area contributed by atoms with Crippen LogP contribution in [0.5, 0.6) is 5.75 Å². The standard InChI is InChI=1S/C24H29N3O4/c1-3-5-8-13(4-2)17-18-23(27(26-24(18)30)14-9-6-7-10-14)25-19-15-11-12-16(28)20(29)21(15)31-22(17)19/h11-14,25,29H,3-10H2,1-2H3,(H,26,30)/t13-/m0/s1. The Kier molecular flexibility index (Phi) is 4.91. The maximum atomic E-state index is 13.2. The summed E-state index contributed by atoms with van der Waals surface area (Å²) in [5, 5.41) is 14.8. The van der Waals surface area contributed by atoms with Gasteiger partial charge in [-0.05, 0) is 43.7 Å². The van der Waals surface area contributed by atoms with Gasteiger partial charge in [0.2, 0.25) is 11.2 Å². The second-order valence-electron chi connectivity index (χ2n) is 8.85. The number of rotatable bonds is 6. The summed E-state index contributed by atoms with van der Waals surface area (Å²) in [6, 6.07) is 3.31. The number of fused-ring (bicyclic) bond motifs is 4. The molecule has 1 aromatic carbocycles. The second kappa shape index (κ2) is 7.62. The number of hydrogen-bond donors (Lipinski definition) is 3. The number of pyridine rings is 1. The van der Waals surface area contributed by atoms with Crippen molar-refractivity contribution in [3.8, 4) is 5.75 Å². The molecule has 0 amide bonds. The number of aromatic hydroxyl groups is 1. The fraction of sp³-hybridized carbons (Fsp3) is 0.500. The van der Waals surface area contributed by atoms with Gasteiger partial charge in [-0.2, -0.15) is 0 Å². The normalized spacial score (nSPS) is 16.2. The van der Waals surface area contributed by atoms with Gasteiger partial charge in [0.05, 0.1) is 16.9 Å². The van der Waals surface area contributed by atoms with E-state index in [1.807, 2.05) is 4.68 Å². The Morgan fingerprint density at radius 1 is 1.19 bits per heavy atom. The van der Waals surface area contributed by atoms with Crippen LogP contribution in [0.3, 0.4) is 0 Å². The Balaban J connectivity index is 1.91. The third-order valence-corrected chi connectivity index (χ3v) is 6.98. The minimum Gasteiger partial charge on any atom is -0.502 e. The van der Waals surface area contributed by atoms with Crippen molar-refractivity contribution < 1.29 is 9.52 Å². The number of nitrogens with one attached hydrogen (secondary N) is 2. The third kappa shape index (κ3) is 3.01. The highest BCUT2D eigenvalue weighted by molar-refractivity contribution is 6.09. The van der Waals surface area contributed by atoms with E-state index in [0.717, 1.165) is 68.1 Å². The van der Waals surface area contributed by atoms with Gasteiger partial charge in [0, 0.05) is 10.9 Å². The minimum absolute atomic E-state index is 0.112. The zero-order valence-corrected chi connectivity index (χ0v) is 18.1. The van der Waals surface area contributed by atoms with E-state index in [1.54, 1.807) is 6.07 Å². The lowest BCUT2D eigenvalue weighted by atomic mass is 9.89. The number of unbranched alkanes of at least 4 members (excludes halogenated alkanes) is 1. The van der Waals surface area contributed by atoms with Crippen LogP contribution in [0.4, 0.5) is 0 Å². The van der Waals surface area contributed by atoms with Crippen LogP contribution in [-0.4, -0.2) is 19.9 Å². The molecule has 0 spiro atoms. The highest BCUT2D eigenvalue weighted by Gasteiger charge is 2.28. The van der Waals surface area contributed by atoms with Gasteiger partial charge in [-0.1, -0.05) is 39.5 Å². The van der Waals surface area contributed by atoms with Crippen molar-refractivity contribution in [2.24, 2.45) is 0 Å². The zero-order chi connectivity index (χ0) is 21.7. The van der Waals surface area contributed by atoms with Crippen LogP contribution >= 0.6 is 0 Å². The van der Waals surface area contributed by atoms with Gasteiger partial charge >= 0.3 is 0 Å². The summed E-state index contributed by atoms with van der Waals surface area (Å²) in [7, 11) is 0. The molecule has 1 saturated carbocycles. The van der Waals surface area contributed by atoms with Crippen molar-refractivity contribution >= 4 is 33.1 Å². The molecule has 7 nitrogen and oxygen atoms in total. The number of hydrogen-bond acceptors (Lipinski definition) is 4. The maximum absolute atomic E-state index is 13.2. The van der Waals surface area contributed by atoms with E-state index in [0.29, 0.717) is 16.4 Å². The summed E-state index contributed by atoms with van der Waals surface area (Å²) in [4.78, 5) is 28.7. The molecular weight excluding hydrogens is 394 g/mol. The summed E-state index contributed by atoms with van der Waals surface area (Å²) in [5.74, 6) is -0.235. The second-order valence-corrected chi connectivity index (χ2v) is 8.85. The molecule has 3 aromatic heterocycles. The molecule has 1 aliphatic carbocycles. The number of aromatic nitrogens is 3. The smallest absolute Gasteiger partial charge is 0.274 e. The van der Waals surface area contributed by atoms with E-state index >= 15 is 0 Å². The van der Waals surface area contributed by atoms with Gasteiger partial charge in [-0.3, -0.25) is 19.4 Å².